The number of hydrazine groups is 1. The Bertz CT molecular complexity index is 595. The molecule has 0 aliphatic carbocycles. The van der Waals surface area contributed by atoms with Crippen molar-refractivity contribution in [1.29, 1.82) is 0 Å². The van der Waals surface area contributed by atoms with Gasteiger partial charge in [0.05, 0.1) is 9.90 Å². The lowest BCUT2D eigenvalue weighted by molar-refractivity contribution is -0.136. The minimum atomic E-state index is -0.226. The molecule has 0 spiro atoms. The van der Waals surface area contributed by atoms with Crippen molar-refractivity contribution in [2.45, 2.75) is 19.4 Å². The van der Waals surface area contributed by atoms with Gasteiger partial charge in [-0.2, -0.15) is 0 Å². The van der Waals surface area contributed by atoms with Crippen LogP contribution in [0.25, 0.3) is 0 Å². The second-order valence-electron chi connectivity index (χ2n) is 4.84. The summed E-state index contributed by atoms with van der Waals surface area (Å²) in [4.78, 5) is 41.0. The zero-order chi connectivity index (χ0) is 15.4. The topological polar surface area (TPSA) is 110 Å². The maximum absolute atomic E-state index is 12.2. The summed E-state index contributed by atoms with van der Waals surface area (Å²) in [6, 6.07) is 0. The number of nitrogens with one attached hydrogen (secondary N) is 1. The van der Waals surface area contributed by atoms with Gasteiger partial charge < -0.3 is 4.90 Å². The minimum Gasteiger partial charge on any atom is -0.341 e. The molecular weight excluding hydrogens is 389 g/mol. The molecule has 2 heterocycles. The van der Waals surface area contributed by atoms with E-state index in [1.807, 2.05) is 22.6 Å². The quantitative estimate of drug-likeness (QED) is 0.293. The summed E-state index contributed by atoms with van der Waals surface area (Å²) in [7, 11) is 0. The van der Waals surface area contributed by atoms with Crippen molar-refractivity contribution in [2.24, 2.45) is 11.8 Å². The molecule has 8 nitrogen and oxygen atoms in total. The highest BCUT2D eigenvalue weighted by Crippen LogP contribution is 2.17. The van der Waals surface area contributed by atoms with Crippen molar-refractivity contribution in [1.82, 2.24) is 19.9 Å². The summed E-state index contributed by atoms with van der Waals surface area (Å²) >= 11 is 1.89. The predicted octanol–water partition coefficient (Wildman–Crippen LogP) is -0.924. The number of aromatic nitrogens is 2. The van der Waals surface area contributed by atoms with E-state index in [1.54, 1.807) is 4.90 Å². The largest absolute Gasteiger partial charge is 0.341 e. The van der Waals surface area contributed by atoms with Gasteiger partial charge in [0.2, 0.25) is 11.8 Å². The lowest BCUT2D eigenvalue weighted by Gasteiger charge is -2.31. The standard InChI is InChI=1S/C12H16IN5O3/c13-9-5-15-7-18(12(9)21)6-10(19)17-3-1-8(2-4-17)11(20)16-14/h5,7-8H,1-4,6,14H2,(H,16,20). The summed E-state index contributed by atoms with van der Waals surface area (Å²) in [6.07, 6.45) is 3.97. The first kappa shape index (κ1) is 15.9. The Labute approximate surface area is 134 Å². The van der Waals surface area contributed by atoms with Gasteiger partial charge in [0, 0.05) is 25.2 Å². The van der Waals surface area contributed by atoms with Gasteiger partial charge in [-0.3, -0.25) is 24.4 Å². The Morgan fingerprint density at radius 3 is 2.71 bits per heavy atom. The molecule has 0 aromatic carbocycles. The molecule has 2 rings (SSSR count). The number of rotatable bonds is 3. The van der Waals surface area contributed by atoms with Gasteiger partial charge in [0.1, 0.15) is 6.54 Å². The first-order valence-corrected chi connectivity index (χ1v) is 7.59. The molecule has 0 saturated carbocycles. The molecule has 9 heteroatoms. The molecule has 1 saturated heterocycles. The van der Waals surface area contributed by atoms with E-state index in [0.29, 0.717) is 29.5 Å². The summed E-state index contributed by atoms with van der Waals surface area (Å²) < 4.78 is 1.77. The normalized spacial score (nSPS) is 15.8. The number of likely N-dealkylation sites (tertiary alicyclic amines) is 1. The number of piperidine rings is 1. The van der Waals surface area contributed by atoms with Crippen LogP contribution in [0.5, 0.6) is 0 Å². The number of halogens is 1. The highest BCUT2D eigenvalue weighted by Gasteiger charge is 2.27. The molecule has 21 heavy (non-hydrogen) atoms. The van der Waals surface area contributed by atoms with E-state index in [-0.39, 0.29) is 29.8 Å². The molecule has 3 N–H and O–H groups in total. The number of carbonyl (C=O) groups is 2. The molecule has 1 aromatic rings. The van der Waals surface area contributed by atoms with E-state index in [0.717, 1.165) is 0 Å². The number of nitrogens with zero attached hydrogens (tertiary/aromatic N) is 3. The lowest BCUT2D eigenvalue weighted by Crippen LogP contribution is -2.46. The van der Waals surface area contributed by atoms with Crippen LogP contribution in [0.4, 0.5) is 0 Å². The van der Waals surface area contributed by atoms with E-state index in [4.69, 9.17) is 5.84 Å². The molecule has 0 bridgehead atoms. The third-order valence-corrected chi connectivity index (χ3v) is 4.27. The SMILES string of the molecule is NNC(=O)C1CCN(C(=O)Cn2cncc(I)c2=O)CC1. The van der Waals surface area contributed by atoms with Crippen LogP contribution in [0, 0.1) is 9.49 Å². The fraction of sp³-hybridized carbons (Fsp3) is 0.500. The Balaban J connectivity index is 1.95. The number of hydrogen-bond acceptors (Lipinski definition) is 5. The van der Waals surface area contributed by atoms with Gasteiger partial charge in [-0.05, 0) is 35.4 Å². The second kappa shape index (κ2) is 6.98. The summed E-state index contributed by atoms with van der Waals surface area (Å²) in [5, 5.41) is 0. The van der Waals surface area contributed by atoms with Crippen LogP contribution < -0.4 is 16.8 Å². The molecule has 0 unspecified atom stereocenters. The fourth-order valence-corrected chi connectivity index (χ4v) is 2.76. The summed E-state index contributed by atoms with van der Waals surface area (Å²) in [5.74, 6) is 4.61. The Morgan fingerprint density at radius 1 is 1.43 bits per heavy atom. The Kier molecular flexibility index (Phi) is 5.28. The van der Waals surface area contributed by atoms with Gasteiger partial charge in [0.15, 0.2) is 0 Å². The maximum atomic E-state index is 12.2. The molecular formula is C12H16IN5O3. The molecule has 0 atom stereocenters. The van der Waals surface area contributed by atoms with Crippen LogP contribution in [-0.2, 0) is 16.1 Å². The fourth-order valence-electron chi connectivity index (χ4n) is 2.29. The number of nitrogens with two attached hydrogens (primary N) is 1. The summed E-state index contributed by atoms with van der Waals surface area (Å²) in [5.41, 5.74) is 1.91. The van der Waals surface area contributed by atoms with Crippen LogP contribution in [0.1, 0.15) is 12.8 Å². The molecule has 1 aliphatic heterocycles. The highest BCUT2D eigenvalue weighted by molar-refractivity contribution is 14.1. The third kappa shape index (κ3) is 3.79. The monoisotopic (exact) mass is 405 g/mol. The summed E-state index contributed by atoms with van der Waals surface area (Å²) in [6.45, 7) is 0.947. The van der Waals surface area contributed by atoms with Crippen LogP contribution in [0.15, 0.2) is 17.3 Å². The molecule has 1 fully saturated rings. The number of hydrogen-bond donors (Lipinski definition) is 2. The van der Waals surface area contributed by atoms with Gasteiger partial charge in [-0.25, -0.2) is 10.8 Å². The second-order valence-corrected chi connectivity index (χ2v) is 6.00. The van der Waals surface area contributed by atoms with Gasteiger partial charge >= 0.3 is 0 Å². The highest BCUT2D eigenvalue weighted by atomic mass is 127. The third-order valence-electron chi connectivity index (χ3n) is 3.53. The van der Waals surface area contributed by atoms with Gasteiger partial charge in [0.25, 0.3) is 5.56 Å². The lowest BCUT2D eigenvalue weighted by atomic mass is 9.96. The minimum absolute atomic E-state index is 0.0313. The average molecular weight is 405 g/mol. The van der Waals surface area contributed by atoms with E-state index in [9.17, 15) is 14.4 Å². The first-order chi connectivity index (χ1) is 10.0. The van der Waals surface area contributed by atoms with Crippen molar-refractivity contribution in [3.05, 3.63) is 26.4 Å². The van der Waals surface area contributed by atoms with Crippen molar-refractivity contribution in [3.8, 4) is 0 Å². The van der Waals surface area contributed by atoms with Gasteiger partial charge in [-0.1, -0.05) is 0 Å². The van der Waals surface area contributed by atoms with E-state index < -0.39 is 0 Å². The Hall–Kier alpha value is -1.49. The van der Waals surface area contributed by atoms with Crippen LogP contribution in [0.3, 0.4) is 0 Å². The Morgan fingerprint density at radius 2 is 2.10 bits per heavy atom. The molecule has 0 radical (unpaired) electrons. The smallest absolute Gasteiger partial charge is 0.267 e. The van der Waals surface area contributed by atoms with E-state index in [2.05, 4.69) is 10.4 Å². The first-order valence-electron chi connectivity index (χ1n) is 6.51. The molecule has 1 aromatic heterocycles. The van der Waals surface area contributed by atoms with Crippen molar-refractivity contribution in [3.63, 3.8) is 0 Å². The van der Waals surface area contributed by atoms with Crippen molar-refractivity contribution >= 4 is 34.4 Å². The predicted molar refractivity (Wildman–Crippen MR) is 82.8 cm³/mol. The number of amides is 2. The zero-order valence-corrected chi connectivity index (χ0v) is 13.4. The van der Waals surface area contributed by atoms with Gasteiger partial charge in [-0.15, -0.1) is 0 Å². The van der Waals surface area contributed by atoms with E-state index >= 15 is 0 Å². The zero-order valence-electron chi connectivity index (χ0n) is 11.3. The van der Waals surface area contributed by atoms with Crippen LogP contribution in [0.2, 0.25) is 0 Å². The molecule has 114 valence electrons. The van der Waals surface area contributed by atoms with Crippen molar-refractivity contribution in [2.75, 3.05) is 13.1 Å². The van der Waals surface area contributed by atoms with Crippen LogP contribution in [-0.4, -0.2) is 39.4 Å². The molecule has 1 aliphatic rings. The van der Waals surface area contributed by atoms with E-state index in [1.165, 1.54) is 17.1 Å². The average Bonchev–Trinajstić information content (AvgIpc) is 2.51. The maximum Gasteiger partial charge on any atom is 0.267 e. The van der Waals surface area contributed by atoms with Crippen LogP contribution >= 0.6 is 22.6 Å². The number of carbonyl (C=O) groups excluding carboxylic acids is 2. The van der Waals surface area contributed by atoms with Crippen molar-refractivity contribution < 1.29 is 9.59 Å². The molecule has 2 amide bonds.